The molecule has 1 aliphatic rings. The summed E-state index contributed by atoms with van der Waals surface area (Å²) in [4.78, 5) is 20.6. The lowest BCUT2D eigenvalue weighted by molar-refractivity contribution is 0.0979. The van der Waals surface area contributed by atoms with E-state index in [0.717, 1.165) is 23.2 Å². The van der Waals surface area contributed by atoms with Gasteiger partial charge >= 0.3 is 0 Å². The lowest BCUT2D eigenvalue weighted by atomic mass is 10.1. The first-order chi connectivity index (χ1) is 8.84. The minimum atomic E-state index is -0.146. The molecule has 1 aliphatic heterocycles. The van der Waals surface area contributed by atoms with Crippen LogP contribution in [0.4, 0.5) is 0 Å². The molecule has 2 heterocycles. The van der Waals surface area contributed by atoms with Crippen LogP contribution in [0.1, 0.15) is 10.4 Å². The first kappa shape index (κ1) is 11.2. The summed E-state index contributed by atoms with van der Waals surface area (Å²) in [7, 11) is 0. The first-order valence-corrected chi connectivity index (χ1v) is 6.65. The van der Waals surface area contributed by atoms with Crippen molar-refractivity contribution >= 4 is 33.7 Å². The predicted octanol–water partition coefficient (Wildman–Crippen LogP) is 2.07. The van der Waals surface area contributed by atoms with Gasteiger partial charge < -0.3 is 5.32 Å². The average molecular weight is 257 g/mol. The summed E-state index contributed by atoms with van der Waals surface area (Å²) in [6.45, 7) is 0.772. The number of para-hydroxylation sites is 1. The van der Waals surface area contributed by atoms with Gasteiger partial charge in [0.05, 0.1) is 17.6 Å². The predicted molar refractivity (Wildman–Crippen MR) is 74.0 cm³/mol. The van der Waals surface area contributed by atoms with Crippen LogP contribution in [0, 0.1) is 0 Å². The molecule has 4 nitrogen and oxygen atoms in total. The van der Waals surface area contributed by atoms with Crippen LogP contribution in [0.25, 0.3) is 10.9 Å². The zero-order valence-electron chi connectivity index (χ0n) is 9.59. The number of carbonyl (C=O) groups excluding carboxylic acids is 1. The van der Waals surface area contributed by atoms with Crippen LogP contribution in [-0.2, 0) is 0 Å². The van der Waals surface area contributed by atoms with E-state index in [4.69, 9.17) is 0 Å². The van der Waals surface area contributed by atoms with Gasteiger partial charge in [0.1, 0.15) is 0 Å². The number of fused-ring (bicyclic) bond motifs is 1. The number of carbonyl (C=O) groups is 1. The van der Waals surface area contributed by atoms with Crippen molar-refractivity contribution in [1.82, 2.24) is 10.3 Å². The summed E-state index contributed by atoms with van der Waals surface area (Å²) in [6, 6.07) is 9.40. The third kappa shape index (κ3) is 2.09. The van der Waals surface area contributed by atoms with Crippen molar-refractivity contribution in [3.8, 4) is 0 Å². The average Bonchev–Trinajstić information content (AvgIpc) is 2.91. The Morgan fingerprint density at radius 1 is 1.28 bits per heavy atom. The highest BCUT2D eigenvalue weighted by molar-refractivity contribution is 8.14. The fourth-order valence-corrected chi connectivity index (χ4v) is 2.59. The maximum Gasteiger partial charge on any atom is 0.259 e. The molecule has 0 saturated carbocycles. The Hall–Kier alpha value is -1.88. The second-order valence-corrected chi connectivity index (χ2v) is 4.95. The van der Waals surface area contributed by atoms with Gasteiger partial charge in [-0.1, -0.05) is 30.0 Å². The molecule has 2 aromatic rings. The number of pyridine rings is 1. The van der Waals surface area contributed by atoms with Gasteiger partial charge in [0.2, 0.25) is 0 Å². The maximum atomic E-state index is 12.2. The third-order valence-electron chi connectivity index (χ3n) is 2.68. The van der Waals surface area contributed by atoms with Gasteiger partial charge in [-0.2, -0.15) is 0 Å². The van der Waals surface area contributed by atoms with Crippen molar-refractivity contribution in [2.45, 2.75) is 0 Å². The minimum absolute atomic E-state index is 0.146. The Bertz CT molecular complexity index is 634. The largest absolute Gasteiger partial charge is 0.301 e. The Morgan fingerprint density at radius 2 is 2.17 bits per heavy atom. The molecule has 1 aromatic heterocycles. The molecule has 90 valence electrons. The highest BCUT2D eigenvalue weighted by atomic mass is 32.2. The van der Waals surface area contributed by atoms with Gasteiger partial charge in [-0.3, -0.25) is 14.8 Å². The summed E-state index contributed by atoms with van der Waals surface area (Å²) < 4.78 is 0. The molecule has 0 unspecified atom stereocenters. The van der Waals surface area contributed by atoms with Crippen LogP contribution in [0.3, 0.4) is 0 Å². The molecular weight excluding hydrogens is 246 g/mol. The normalized spacial score (nSPS) is 14.6. The van der Waals surface area contributed by atoms with Crippen molar-refractivity contribution in [3.05, 3.63) is 42.1 Å². The Balaban J connectivity index is 1.96. The van der Waals surface area contributed by atoms with E-state index in [1.165, 1.54) is 0 Å². The summed E-state index contributed by atoms with van der Waals surface area (Å²) in [6.07, 6.45) is 1.70. The number of aromatic nitrogens is 1. The number of nitrogens with zero attached hydrogens (tertiary/aromatic N) is 2. The number of nitrogens with one attached hydrogen (secondary N) is 1. The SMILES string of the molecule is O=C(NC1=NCCS1)c1cccc2cccnc12. The first-order valence-electron chi connectivity index (χ1n) is 5.67. The van der Waals surface area contributed by atoms with E-state index >= 15 is 0 Å². The minimum Gasteiger partial charge on any atom is -0.301 e. The molecule has 0 spiro atoms. The lowest BCUT2D eigenvalue weighted by Gasteiger charge is -2.06. The Labute approximate surface area is 109 Å². The number of thioether (sulfide) groups is 1. The third-order valence-corrected chi connectivity index (χ3v) is 3.57. The molecule has 18 heavy (non-hydrogen) atoms. The molecule has 1 amide bonds. The van der Waals surface area contributed by atoms with Gasteiger partial charge in [0, 0.05) is 17.3 Å². The summed E-state index contributed by atoms with van der Waals surface area (Å²) in [5, 5.41) is 4.49. The van der Waals surface area contributed by atoms with E-state index in [-0.39, 0.29) is 5.91 Å². The van der Waals surface area contributed by atoms with Crippen LogP contribution in [-0.4, -0.2) is 28.4 Å². The second kappa shape index (κ2) is 4.78. The van der Waals surface area contributed by atoms with Crippen LogP contribution in [0.15, 0.2) is 41.5 Å². The molecule has 1 aromatic carbocycles. The van der Waals surface area contributed by atoms with Crippen molar-refractivity contribution in [1.29, 1.82) is 0 Å². The van der Waals surface area contributed by atoms with E-state index in [2.05, 4.69) is 15.3 Å². The summed E-state index contributed by atoms with van der Waals surface area (Å²) >= 11 is 1.57. The molecule has 0 atom stereocenters. The van der Waals surface area contributed by atoms with Crippen molar-refractivity contribution in [2.24, 2.45) is 4.99 Å². The van der Waals surface area contributed by atoms with E-state index < -0.39 is 0 Å². The molecule has 0 aliphatic carbocycles. The van der Waals surface area contributed by atoms with Crippen molar-refractivity contribution < 1.29 is 4.79 Å². The number of amides is 1. The highest BCUT2D eigenvalue weighted by Gasteiger charge is 2.15. The number of hydrogen-bond acceptors (Lipinski definition) is 4. The zero-order chi connectivity index (χ0) is 12.4. The van der Waals surface area contributed by atoms with E-state index in [1.54, 1.807) is 24.0 Å². The molecule has 1 N–H and O–H groups in total. The fourth-order valence-electron chi connectivity index (χ4n) is 1.86. The van der Waals surface area contributed by atoms with Gasteiger partial charge in [0.15, 0.2) is 5.17 Å². The standard InChI is InChI=1S/C13H11N3OS/c17-12(16-13-15-7-8-18-13)10-5-1-3-9-4-2-6-14-11(9)10/h1-6H,7-8H2,(H,15,16,17). The maximum absolute atomic E-state index is 12.2. The van der Waals surface area contributed by atoms with Gasteiger partial charge in [-0.25, -0.2) is 0 Å². The second-order valence-electron chi connectivity index (χ2n) is 3.87. The monoisotopic (exact) mass is 257 g/mol. The van der Waals surface area contributed by atoms with Crippen LogP contribution in [0.2, 0.25) is 0 Å². The molecule has 0 fully saturated rings. The summed E-state index contributed by atoms with van der Waals surface area (Å²) in [5.74, 6) is 0.788. The topological polar surface area (TPSA) is 54.4 Å². The fraction of sp³-hybridized carbons (Fsp3) is 0.154. The molecular formula is C13H11N3OS. The van der Waals surface area contributed by atoms with Crippen molar-refractivity contribution in [3.63, 3.8) is 0 Å². The lowest BCUT2D eigenvalue weighted by Crippen LogP contribution is -2.27. The number of rotatable bonds is 1. The van der Waals surface area contributed by atoms with Gasteiger partial charge in [0.25, 0.3) is 5.91 Å². The number of amidine groups is 1. The Morgan fingerprint density at radius 3 is 3.00 bits per heavy atom. The Kier molecular flexibility index (Phi) is 2.98. The van der Waals surface area contributed by atoms with Crippen LogP contribution in [0.5, 0.6) is 0 Å². The number of hydrogen-bond donors (Lipinski definition) is 1. The quantitative estimate of drug-likeness (QED) is 0.851. The smallest absolute Gasteiger partial charge is 0.259 e. The van der Waals surface area contributed by atoms with Crippen LogP contribution >= 0.6 is 11.8 Å². The van der Waals surface area contributed by atoms with E-state index in [9.17, 15) is 4.79 Å². The number of aliphatic imine (C=N–C) groups is 1. The highest BCUT2D eigenvalue weighted by Crippen LogP contribution is 2.16. The molecule has 0 saturated heterocycles. The van der Waals surface area contributed by atoms with Crippen molar-refractivity contribution in [2.75, 3.05) is 12.3 Å². The number of benzene rings is 1. The van der Waals surface area contributed by atoms with Gasteiger partial charge in [-0.15, -0.1) is 0 Å². The van der Waals surface area contributed by atoms with E-state index in [0.29, 0.717) is 10.7 Å². The van der Waals surface area contributed by atoms with E-state index in [1.807, 2.05) is 24.3 Å². The van der Waals surface area contributed by atoms with Crippen LogP contribution < -0.4 is 5.32 Å². The molecule has 3 rings (SSSR count). The zero-order valence-corrected chi connectivity index (χ0v) is 10.4. The molecule has 0 radical (unpaired) electrons. The molecule has 5 heteroatoms. The summed E-state index contributed by atoms with van der Waals surface area (Å²) in [5.41, 5.74) is 1.31. The van der Waals surface area contributed by atoms with Gasteiger partial charge in [-0.05, 0) is 12.1 Å². The molecule has 0 bridgehead atoms.